The fourth-order valence-electron chi connectivity index (χ4n) is 2.62. The first kappa shape index (κ1) is 16.6. The van der Waals surface area contributed by atoms with Crippen LogP contribution in [0, 0.1) is 0 Å². The molecule has 0 bridgehead atoms. The molecule has 1 aromatic rings. The first-order chi connectivity index (χ1) is 10.1. The van der Waals surface area contributed by atoms with Crippen molar-refractivity contribution in [1.29, 1.82) is 0 Å². The smallest absolute Gasteiger partial charge is 0.175 e. The van der Waals surface area contributed by atoms with Gasteiger partial charge >= 0.3 is 0 Å². The van der Waals surface area contributed by atoms with Crippen molar-refractivity contribution in [1.82, 2.24) is 5.32 Å². The first-order valence-corrected chi connectivity index (χ1v) is 8.18. The molecule has 0 heterocycles. The number of halogens is 1. The number of methoxy groups -OCH3 is 2. The van der Waals surface area contributed by atoms with E-state index in [2.05, 4.69) is 27.3 Å². The summed E-state index contributed by atoms with van der Waals surface area (Å²) in [5, 5.41) is 3.48. The summed E-state index contributed by atoms with van der Waals surface area (Å²) < 4.78 is 17.6. The third-order valence-corrected chi connectivity index (χ3v) is 4.64. The lowest BCUT2D eigenvalue weighted by atomic mass is 9.80. The average Bonchev–Trinajstić information content (AvgIpc) is 2.44. The van der Waals surface area contributed by atoms with E-state index in [0.29, 0.717) is 6.61 Å². The molecule has 0 aromatic heterocycles. The molecule has 0 amide bonds. The van der Waals surface area contributed by atoms with Crippen molar-refractivity contribution in [3.8, 4) is 11.5 Å². The molecule has 4 nitrogen and oxygen atoms in total. The molecule has 1 aromatic carbocycles. The van der Waals surface area contributed by atoms with Crippen LogP contribution in [-0.2, 0) is 11.3 Å². The molecule has 2 rings (SSSR count). The molecule has 1 fully saturated rings. The van der Waals surface area contributed by atoms with Crippen molar-refractivity contribution in [2.24, 2.45) is 0 Å². The quantitative estimate of drug-likeness (QED) is 0.772. The summed E-state index contributed by atoms with van der Waals surface area (Å²) in [5.41, 5.74) is 1.21. The van der Waals surface area contributed by atoms with E-state index in [1.54, 1.807) is 14.2 Å². The highest BCUT2D eigenvalue weighted by molar-refractivity contribution is 9.10. The number of hydrogen-bond acceptors (Lipinski definition) is 4. The Labute approximate surface area is 135 Å². The van der Waals surface area contributed by atoms with Gasteiger partial charge in [0.1, 0.15) is 0 Å². The lowest BCUT2D eigenvalue weighted by molar-refractivity contribution is -0.0695. The van der Waals surface area contributed by atoms with Gasteiger partial charge in [0.05, 0.1) is 23.8 Å². The Hall–Kier alpha value is -0.780. The van der Waals surface area contributed by atoms with E-state index in [0.717, 1.165) is 47.5 Å². The molecule has 0 atom stereocenters. The zero-order valence-electron chi connectivity index (χ0n) is 13.0. The van der Waals surface area contributed by atoms with Gasteiger partial charge in [-0.05, 0) is 59.8 Å². The summed E-state index contributed by atoms with van der Waals surface area (Å²) in [6.45, 7) is 4.25. The topological polar surface area (TPSA) is 39.7 Å². The Morgan fingerprint density at radius 3 is 2.57 bits per heavy atom. The van der Waals surface area contributed by atoms with Gasteiger partial charge in [-0.15, -0.1) is 0 Å². The van der Waals surface area contributed by atoms with E-state index < -0.39 is 0 Å². The zero-order valence-corrected chi connectivity index (χ0v) is 14.6. The molecule has 0 saturated heterocycles. The molecule has 0 aliphatic heterocycles. The largest absolute Gasteiger partial charge is 0.493 e. The average molecular weight is 358 g/mol. The molecule has 1 saturated carbocycles. The van der Waals surface area contributed by atoms with Gasteiger partial charge in [-0.25, -0.2) is 0 Å². The summed E-state index contributed by atoms with van der Waals surface area (Å²) in [5.74, 6) is 1.52. The van der Waals surface area contributed by atoms with Gasteiger partial charge in [-0.3, -0.25) is 0 Å². The highest BCUT2D eigenvalue weighted by atomic mass is 79.9. The molecule has 5 heteroatoms. The lowest BCUT2D eigenvalue weighted by Gasteiger charge is -2.40. The van der Waals surface area contributed by atoms with Crippen molar-refractivity contribution in [3.05, 3.63) is 22.2 Å². The summed E-state index contributed by atoms with van der Waals surface area (Å²) in [6.07, 6.45) is 3.55. The molecule has 0 radical (unpaired) electrons. The Morgan fingerprint density at radius 1 is 1.29 bits per heavy atom. The molecular weight excluding hydrogens is 334 g/mol. The van der Waals surface area contributed by atoms with Crippen LogP contribution in [0.5, 0.6) is 11.5 Å². The Balaban J connectivity index is 1.98. The van der Waals surface area contributed by atoms with Crippen LogP contribution in [0.2, 0.25) is 0 Å². The van der Waals surface area contributed by atoms with Crippen molar-refractivity contribution < 1.29 is 14.2 Å². The predicted octanol–water partition coefficient (Wildman–Crippen LogP) is 3.52. The maximum atomic E-state index is 5.61. The second kappa shape index (κ2) is 7.47. The van der Waals surface area contributed by atoms with Crippen molar-refractivity contribution in [2.75, 3.05) is 27.4 Å². The third kappa shape index (κ3) is 3.90. The van der Waals surface area contributed by atoms with Crippen LogP contribution in [0.25, 0.3) is 0 Å². The molecule has 1 N–H and O–H groups in total. The Bertz CT molecular complexity index is 469. The van der Waals surface area contributed by atoms with Crippen LogP contribution < -0.4 is 14.8 Å². The van der Waals surface area contributed by atoms with Gasteiger partial charge in [0.2, 0.25) is 0 Å². The van der Waals surface area contributed by atoms with Crippen molar-refractivity contribution in [3.63, 3.8) is 0 Å². The minimum Gasteiger partial charge on any atom is -0.493 e. The summed E-state index contributed by atoms with van der Waals surface area (Å²) in [6, 6.07) is 4.09. The highest BCUT2D eigenvalue weighted by Crippen LogP contribution is 2.37. The van der Waals surface area contributed by atoms with Crippen LogP contribution in [0.15, 0.2) is 16.6 Å². The second-order valence-electron chi connectivity index (χ2n) is 5.39. The SMILES string of the molecule is CCOc1c(Br)cc(CNCC2(OC)CCC2)cc1OC. The summed E-state index contributed by atoms with van der Waals surface area (Å²) in [7, 11) is 3.47. The number of ether oxygens (including phenoxy) is 3. The number of nitrogens with one attached hydrogen (secondary N) is 1. The molecule has 1 aliphatic rings. The maximum absolute atomic E-state index is 5.61. The highest BCUT2D eigenvalue weighted by Gasteiger charge is 2.36. The van der Waals surface area contributed by atoms with E-state index in [9.17, 15) is 0 Å². The van der Waals surface area contributed by atoms with Gasteiger partial charge < -0.3 is 19.5 Å². The zero-order chi connectivity index (χ0) is 15.3. The van der Waals surface area contributed by atoms with Gasteiger partial charge in [0, 0.05) is 20.2 Å². The van der Waals surface area contributed by atoms with E-state index >= 15 is 0 Å². The Kier molecular flexibility index (Phi) is 5.90. The predicted molar refractivity (Wildman–Crippen MR) is 87.2 cm³/mol. The van der Waals surface area contributed by atoms with E-state index in [-0.39, 0.29) is 5.60 Å². The maximum Gasteiger partial charge on any atom is 0.175 e. The van der Waals surface area contributed by atoms with Crippen molar-refractivity contribution in [2.45, 2.75) is 38.3 Å². The van der Waals surface area contributed by atoms with Gasteiger partial charge in [0.25, 0.3) is 0 Å². The van der Waals surface area contributed by atoms with Crippen LogP contribution in [0.3, 0.4) is 0 Å². The molecular formula is C16H24BrNO3. The second-order valence-corrected chi connectivity index (χ2v) is 6.24. The lowest BCUT2D eigenvalue weighted by Crippen LogP contribution is -2.47. The summed E-state index contributed by atoms with van der Waals surface area (Å²) >= 11 is 3.55. The van der Waals surface area contributed by atoms with Crippen LogP contribution in [-0.4, -0.2) is 33.0 Å². The minimum absolute atomic E-state index is 0.0482. The van der Waals surface area contributed by atoms with E-state index in [1.165, 1.54) is 6.42 Å². The molecule has 0 unspecified atom stereocenters. The fourth-order valence-corrected chi connectivity index (χ4v) is 3.22. The fraction of sp³-hybridized carbons (Fsp3) is 0.625. The van der Waals surface area contributed by atoms with E-state index in [1.807, 2.05) is 13.0 Å². The number of rotatable bonds is 8. The van der Waals surface area contributed by atoms with Crippen LogP contribution in [0.1, 0.15) is 31.7 Å². The third-order valence-electron chi connectivity index (χ3n) is 4.05. The van der Waals surface area contributed by atoms with E-state index in [4.69, 9.17) is 14.2 Å². The van der Waals surface area contributed by atoms with Gasteiger partial charge in [-0.2, -0.15) is 0 Å². The summed E-state index contributed by atoms with van der Waals surface area (Å²) in [4.78, 5) is 0. The minimum atomic E-state index is 0.0482. The van der Waals surface area contributed by atoms with Crippen LogP contribution in [0.4, 0.5) is 0 Å². The first-order valence-electron chi connectivity index (χ1n) is 7.39. The molecule has 21 heavy (non-hydrogen) atoms. The molecule has 0 spiro atoms. The van der Waals surface area contributed by atoms with Crippen LogP contribution >= 0.6 is 15.9 Å². The number of benzene rings is 1. The molecule has 1 aliphatic carbocycles. The number of hydrogen-bond donors (Lipinski definition) is 1. The van der Waals surface area contributed by atoms with Gasteiger partial charge in [0.15, 0.2) is 11.5 Å². The monoisotopic (exact) mass is 357 g/mol. The molecule has 118 valence electrons. The van der Waals surface area contributed by atoms with Gasteiger partial charge in [-0.1, -0.05) is 0 Å². The normalized spacial score (nSPS) is 16.4. The standard InChI is InChI=1S/C16H24BrNO3/c1-4-21-15-13(17)8-12(9-14(15)19-2)10-18-11-16(20-3)6-5-7-16/h8-9,18H,4-7,10-11H2,1-3H3. The Morgan fingerprint density at radius 2 is 2.05 bits per heavy atom. The van der Waals surface area contributed by atoms with Crippen molar-refractivity contribution >= 4 is 15.9 Å².